The van der Waals surface area contributed by atoms with Crippen LogP contribution in [0.25, 0.3) is 0 Å². The van der Waals surface area contributed by atoms with E-state index in [0.717, 1.165) is 6.42 Å². The van der Waals surface area contributed by atoms with E-state index in [-0.39, 0.29) is 5.76 Å². The number of rotatable bonds is 6. The minimum absolute atomic E-state index is 0.0401. The summed E-state index contributed by atoms with van der Waals surface area (Å²) in [5.41, 5.74) is 0.672. The summed E-state index contributed by atoms with van der Waals surface area (Å²) in [5.74, 6) is 0.350. The maximum atomic E-state index is 10.8. The highest BCUT2D eigenvalue weighted by Gasteiger charge is 2.14. The van der Waals surface area contributed by atoms with Crippen LogP contribution < -0.4 is 5.32 Å². The van der Waals surface area contributed by atoms with Crippen LogP contribution in [-0.2, 0) is 6.54 Å². The molecule has 1 aromatic rings. The van der Waals surface area contributed by atoms with Gasteiger partial charge >= 0.3 is 5.97 Å². The lowest BCUT2D eigenvalue weighted by molar-refractivity contribution is 0.0659. The van der Waals surface area contributed by atoms with E-state index in [2.05, 4.69) is 26.1 Å². The highest BCUT2D eigenvalue weighted by molar-refractivity contribution is 5.86. The van der Waals surface area contributed by atoms with Crippen LogP contribution in [0.5, 0.6) is 0 Å². The van der Waals surface area contributed by atoms with Crippen molar-refractivity contribution in [2.45, 2.75) is 46.7 Å². The van der Waals surface area contributed by atoms with E-state index in [1.165, 1.54) is 0 Å². The van der Waals surface area contributed by atoms with Gasteiger partial charge in [-0.1, -0.05) is 13.8 Å². The van der Waals surface area contributed by atoms with Crippen LogP contribution in [0.15, 0.2) is 10.5 Å². The normalized spacial score (nSPS) is 13.0. The summed E-state index contributed by atoms with van der Waals surface area (Å²) >= 11 is 0. The zero-order valence-corrected chi connectivity index (χ0v) is 10.9. The van der Waals surface area contributed by atoms with E-state index in [9.17, 15) is 4.79 Å². The van der Waals surface area contributed by atoms with Crippen LogP contribution in [0.2, 0.25) is 0 Å². The van der Waals surface area contributed by atoms with E-state index in [1.54, 1.807) is 13.0 Å². The van der Waals surface area contributed by atoms with Crippen molar-refractivity contribution in [1.82, 2.24) is 5.32 Å². The fraction of sp³-hybridized carbons (Fsp3) is 0.615. The number of hydrogen-bond donors (Lipinski definition) is 2. The van der Waals surface area contributed by atoms with Gasteiger partial charge in [-0.3, -0.25) is 0 Å². The summed E-state index contributed by atoms with van der Waals surface area (Å²) in [6.45, 7) is 8.79. The quantitative estimate of drug-likeness (QED) is 0.801. The van der Waals surface area contributed by atoms with Gasteiger partial charge in [-0.05, 0) is 32.3 Å². The van der Waals surface area contributed by atoms with E-state index in [0.29, 0.717) is 29.8 Å². The Morgan fingerprint density at radius 3 is 2.59 bits per heavy atom. The molecule has 96 valence electrons. The average molecular weight is 239 g/mol. The van der Waals surface area contributed by atoms with Crippen LogP contribution in [-0.4, -0.2) is 17.1 Å². The number of aryl methyl sites for hydroxylation is 1. The first-order chi connectivity index (χ1) is 7.90. The number of furan rings is 1. The second kappa shape index (κ2) is 5.87. The van der Waals surface area contributed by atoms with Crippen molar-refractivity contribution in [2.24, 2.45) is 5.92 Å². The molecule has 0 saturated carbocycles. The fourth-order valence-electron chi connectivity index (χ4n) is 1.91. The van der Waals surface area contributed by atoms with Crippen molar-refractivity contribution < 1.29 is 14.3 Å². The van der Waals surface area contributed by atoms with Gasteiger partial charge in [0.15, 0.2) is 0 Å². The highest BCUT2D eigenvalue weighted by Crippen LogP contribution is 2.15. The van der Waals surface area contributed by atoms with Gasteiger partial charge in [-0.25, -0.2) is 4.79 Å². The SMILES string of the molecule is Cc1cc(CNC(C)CC(C)C)oc1C(=O)O. The van der Waals surface area contributed by atoms with Crippen LogP contribution in [0.4, 0.5) is 0 Å². The zero-order valence-electron chi connectivity index (χ0n) is 10.9. The Balaban J connectivity index is 2.52. The molecule has 4 nitrogen and oxygen atoms in total. The third-order valence-electron chi connectivity index (χ3n) is 2.61. The molecular weight excluding hydrogens is 218 g/mol. The molecule has 1 unspecified atom stereocenters. The lowest BCUT2D eigenvalue weighted by Gasteiger charge is -2.14. The molecule has 2 N–H and O–H groups in total. The van der Waals surface area contributed by atoms with Crippen LogP contribution in [0.1, 0.15) is 49.1 Å². The van der Waals surface area contributed by atoms with Gasteiger partial charge in [0.1, 0.15) is 5.76 Å². The van der Waals surface area contributed by atoms with Crippen molar-refractivity contribution in [3.63, 3.8) is 0 Å². The summed E-state index contributed by atoms with van der Waals surface area (Å²) in [4.78, 5) is 10.8. The molecule has 0 radical (unpaired) electrons. The molecule has 1 heterocycles. The van der Waals surface area contributed by atoms with Gasteiger partial charge in [-0.15, -0.1) is 0 Å². The molecule has 0 bridgehead atoms. The molecule has 0 fully saturated rings. The molecule has 1 aromatic heterocycles. The van der Waals surface area contributed by atoms with Crippen LogP contribution in [0.3, 0.4) is 0 Å². The molecule has 1 rings (SSSR count). The zero-order chi connectivity index (χ0) is 13.0. The first kappa shape index (κ1) is 13.8. The number of nitrogens with one attached hydrogen (secondary N) is 1. The van der Waals surface area contributed by atoms with Crippen molar-refractivity contribution in [1.29, 1.82) is 0 Å². The lowest BCUT2D eigenvalue weighted by atomic mass is 10.1. The molecule has 4 heteroatoms. The summed E-state index contributed by atoms with van der Waals surface area (Å²) in [6, 6.07) is 2.17. The number of carboxylic acids is 1. The first-order valence-electron chi connectivity index (χ1n) is 5.96. The predicted molar refractivity (Wildman–Crippen MR) is 66.2 cm³/mol. The van der Waals surface area contributed by atoms with Gasteiger partial charge in [0.25, 0.3) is 0 Å². The maximum Gasteiger partial charge on any atom is 0.372 e. The first-order valence-corrected chi connectivity index (χ1v) is 5.96. The summed E-state index contributed by atoms with van der Waals surface area (Å²) < 4.78 is 5.27. The molecule has 0 spiro atoms. The molecule has 0 aliphatic rings. The Labute approximate surface area is 102 Å². The fourth-order valence-corrected chi connectivity index (χ4v) is 1.91. The van der Waals surface area contributed by atoms with E-state index < -0.39 is 5.97 Å². The smallest absolute Gasteiger partial charge is 0.372 e. The van der Waals surface area contributed by atoms with Gasteiger partial charge in [0.2, 0.25) is 5.76 Å². The second-order valence-electron chi connectivity index (χ2n) is 4.94. The summed E-state index contributed by atoms with van der Waals surface area (Å²) in [7, 11) is 0. The highest BCUT2D eigenvalue weighted by atomic mass is 16.4. The maximum absolute atomic E-state index is 10.8. The van der Waals surface area contributed by atoms with Crippen molar-refractivity contribution in [3.8, 4) is 0 Å². The molecular formula is C13H21NO3. The average Bonchev–Trinajstić information content (AvgIpc) is 2.56. The Morgan fingerprint density at radius 1 is 1.47 bits per heavy atom. The number of hydrogen-bond acceptors (Lipinski definition) is 3. The molecule has 0 amide bonds. The van der Waals surface area contributed by atoms with Crippen LogP contribution >= 0.6 is 0 Å². The van der Waals surface area contributed by atoms with Gasteiger partial charge in [0, 0.05) is 11.6 Å². The van der Waals surface area contributed by atoms with Crippen molar-refractivity contribution in [2.75, 3.05) is 0 Å². The number of carboxylic acid groups (broad SMARTS) is 1. The predicted octanol–water partition coefficient (Wildman–Crippen LogP) is 2.81. The van der Waals surface area contributed by atoms with Gasteiger partial charge < -0.3 is 14.8 Å². The third-order valence-corrected chi connectivity index (χ3v) is 2.61. The van der Waals surface area contributed by atoms with E-state index >= 15 is 0 Å². The number of aromatic carboxylic acids is 1. The Morgan fingerprint density at radius 2 is 2.12 bits per heavy atom. The molecule has 17 heavy (non-hydrogen) atoms. The minimum Gasteiger partial charge on any atom is -0.475 e. The van der Waals surface area contributed by atoms with E-state index in [1.807, 2.05) is 0 Å². The molecule has 0 saturated heterocycles. The Bertz CT molecular complexity index is 382. The van der Waals surface area contributed by atoms with Crippen molar-refractivity contribution >= 4 is 5.97 Å². The molecule has 0 aliphatic carbocycles. The largest absolute Gasteiger partial charge is 0.475 e. The van der Waals surface area contributed by atoms with Gasteiger partial charge in [0.05, 0.1) is 6.54 Å². The molecule has 0 aliphatic heterocycles. The van der Waals surface area contributed by atoms with E-state index in [4.69, 9.17) is 9.52 Å². The lowest BCUT2D eigenvalue weighted by Crippen LogP contribution is -2.26. The third kappa shape index (κ3) is 4.23. The monoisotopic (exact) mass is 239 g/mol. The molecule has 1 atom stereocenters. The van der Waals surface area contributed by atoms with Crippen LogP contribution in [0, 0.1) is 12.8 Å². The Hall–Kier alpha value is -1.29. The molecule has 0 aromatic carbocycles. The Kier molecular flexibility index (Phi) is 4.75. The van der Waals surface area contributed by atoms with Crippen molar-refractivity contribution in [3.05, 3.63) is 23.2 Å². The summed E-state index contributed by atoms with van der Waals surface area (Å²) in [6.07, 6.45) is 1.09. The second-order valence-corrected chi connectivity index (χ2v) is 4.94. The minimum atomic E-state index is -1.01. The standard InChI is InChI=1S/C13H21NO3/c1-8(2)5-10(4)14-7-11-6-9(3)12(17-11)13(15)16/h6,8,10,14H,5,7H2,1-4H3,(H,15,16). The van der Waals surface area contributed by atoms with Gasteiger partial charge in [-0.2, -0.15) is 0 Å². The number of carbonyl (C=O) groups is 1. The topological polar surface area (TPSA) is 62.5 Å². The summed E-state index contributed by atoms with van der Waals surface area (Å²) in [5, 5.41) is 12.2.